The highest BCUT2D eigenvalue weighted by Gasteiger charge is 2.17. The van der Waals surface area contributed by atoms with Crippen LogP contribution in [0.1, 0.15) is 0 Å². The van der Waals surface area contributed by atoms with E-state index in [1.54, 1.807) is 0 Å². The van der Waals surface area contributed by atoms with Crippen molar-refractivity contribution < 1.29 is 4.42 Å². The van der Waals surface area contributed by atoms with Gasteiger partial charge in [0, 0.05) is 43.9 Å². The number of nitrogens with zero attached hydrogens (tertiary/aromatic N) is 4. The predicted molar refractivity (Wildman–Crippen MR) is 203 cm³/mol. The van der Waals surface area contributed by atoms with Crippen LogP contribution in [0.3, 0.4) is 0 Å². The van der Waals surface area contributed by atoms with Crippen LogP contribution in [0.25, 0.3) is 94.7 Å². The summed E-state index contributed by atoms with van der Waals surface area (Å²) in [5, 5.41) is 4.51. The fourth-order valence-electron chi connectivity index (χ4n) is 7.04. The molecule has 50 heavy (non-hydrogen) atoms. The van der Waals surface area contributed by atoms with Crippen molar-refractivity contribution in [3.63, 3.8) is 0 Å². The molecule has 0 saturated carbocycles. The topological polar surface area (TPSA) is 56.7 Å². The third-order valence-electron chi connectivity index (χ3n) is 9.47. The molecule has 3 heterocycles. The van der Waals surface area contributed by atoms with Crippen molar-refractivity contribution >= 4 is 43.7 Å². The summed E-state index contributed by atoms with van der Waals surface area (Å²) in [5.41, 5.74) is 10.1. The molecule has 0 spiro atoms. The third-order valence-corrected chi connectivity index (χ3v) is 9.47. The number of aromatic nitrogens is 4. The Labute approximate surface area is 287 Å². The number of rotatable bonds is 5. The highest BCUT2D eigenvalue weighted by atomic mass is 16.3. The van der Waals surface area contributed by atoms with E-state index in [1.807, 2.05) is 48.5 Å². The van der Waals surface area contributed by atoms with E-state index < -0.39 is 0 Å². The zero-order chi connectivity index (χ0) is 33.0. The fraction of sp³-hybridized carbons (Fsp3) is 0. The van der Waals surface area contributed by atoms with Crippen molar-refractivity contribution in [2.45, 2.75) is 0 Å². The molecule has 0 amide bonds. The lowest BCUT2D eigenvalue weighted by atomic mass is 10.0. The van der Waals surface area contributed by atoms with E-state index in [2.05, 4.69) is 126 Å². The van der Waals surface area contributed by atoms with E-state index >= 15 is 0 Å². The van der Waals surface area contributed by atoms with Gasteiger partial charge in [0.15, 0.2) is 17.5 Å². The Morgan fingerprint density at radius 2 is 0.780 bits per heavy atom. The van der Waals surface area contributed by atoms with Gasteiger partial charge < -0.3 is 8.98 Å². The van der Waals surface area contributed by atoms with Gasteiger partial charge in [-0.2, -0.15) is 0 Å². The number of furan rings is 1. The molecule has 0 aliphatic carbocycles. The summed E-state index contributed by atoms with van der Waals surface area (Å²) in [5.74, 6) is 1.86. The number of fused-ring (bicyclic) bond motifs is 6. The first-order valence-corrected chi connectivity index (χ1v) is 16.7. The highest BCUT2D eigenvalue weighted by molar-refractivity contribution is 6.11. The second-order valence-corrected chi connectivity index (χ2v) is 12.5. The Bertz CT molecular complexity index is 2800. The van der Waals surface area contributed by atoms with Crippen LogP contribution in [0.15, 0.2) is 174 Å². The molecule has 0 N–H and O–H groups in total. The Morgan fingerprint density at radius 1 is 0.340 bits per heavy atom. The van der Waals surface area contributed by atoms with Crippen molar-refractivity contribution in [3.05, 3.63) is 170 Å². The lowest BCUT2D eigenvalue weighted by Gasteiger charge is -2.09. The normalized spacial score (nSPS) is 11.6. The highest BCUT2D eigenvalue weighted by Crippen LogP contribution is 2.37. The van der Waals surface area contributed by atoms with Gasteiger partial charge in [0.2, 0.25) is 0 Å². The van der Waals surface area contributed by atoms with Gasteiger partial charge in [-0.05, 0) is 59.7 Å². The van der Waals surface area contributed by atoms with Crippen LogP contribution < -0.4 is 0 Å². The molecule has 0 unspecified atom stereocenters. The van der Waals surface area contributed by atoms with E-state index in [0.717, 1.165) is 49.9 Å². The van der Waals surface area contributed by atoms with Crippen LogP contribution in [0, 0.1) is 0 Å². The quantitative estimate of drug-likeness (QED) is 0.188. The molecule has 3 aromatic heterocycles. The van der Waals surface area contributed by atoms with E-state index in [-0.39, 0.29) is 0 Å². The molecule has 10 rings (SSSR count). The Balaban J connectivity index is 1.12. The number of hydrogen-bond donors (Lipinski definition) is 0. The summed E-state index contributed by atoms with van der Waals surface area (Å²) in [6, 6.07) is 58.6. The largest absolute Gasteiger partial charge is 0.456 e. The molecular formula is C45H28N4O. The minimum absolute atomic E-state index is 0.607. The first kappa shape index (κ1) is 28.2. The zero-order valence-corrected chi connectivity index (χ0v) is 26.9. The number of benzene rings is 7. The average molecular weight is 641 g/mol. The van der Waals surface area contributed by atoms with Crippen molar-refractivity contribution in [1.82, 2.24) is 19.5 Å². The molecule has 0 aliphatic rings. The third kappa shape index (κ3) is 4.67. The minimum atomic E-state index is 0.607. The molecule has 10 aromatic rings. The first-order valence-electron chi connectivity index (χ1n) is 16.7. The maximum atomic E-state index is 6.36. The van der Waals surface area contributed by atoms with Gasteiger partial charge >= 0.3 is 0 Å². The summed E-state index contributed by atoms with van der Waals surface area (Å²) in [4.78, 5) is 15.0. The molecule has 0 atom stereocenters. The Kier molecular flexibility index (Phi) is 6.42. The molecular weight excluding hydrogens is 613 g/mol. The Hall–Kier alpha value is -6.85. The average Bonchev–Trinajstić information content (AvgIpc) is 3.73. The zero-order valence-electron chi connectivity index (χ0n) is 26.9. The lowest BCUT2D eigenvalue weighted by molar-refractivity contribution is 0.669. The SMILES string of the molecule is c1ccc(-c2ccc(-c3nc(-c4ccccc4)nc(-c4ccc5oc6ccc(-n7c8ccccc8c8ccccc87)cc6c5c4)n3)cc2)cc1. The summed E-state index contributed by atoms with van der Waals surface area (Å²) in [6.45, 7) is 0. The molecule has 234 valence electrons. The van der Waals surface area contributed by atoms with Gasteiger partial charge in [0.1, 0.15) is 11.2 Å². The second-order valence-electron chi connectivity index (χ2n) is 12.5. The summed E-state index contributed by atoms with van der Waals surface area (Å²) < 4.78 is 8.70. The molecule has 5 heteroatoms. The Morgan fingerprint density at radius 3 is 1.42 bits per heavy atom. The molecule has 0 aliphatic heterocycles. The van der Waals surface area contributed by atoms with Crippen molar-refractivity contribution in [1.29, 1.82) is 0 Å². The van der Waals surface area contributed by atoms with Crippen LogP contribution in [-0.4, -0.2) is 19.5 Å². The van der Waals surface area contributed by atoms with Crippen LogP contribution in [0.2, 0.25) is 0 Å². The van der Waals surface area contributed by atoms with E-state index in [0.29, 0.717) is 17.5 Å². The maximum absolute atomic E-state index is 6.36. The van der Waals surface area contributed by atoms with Gasteiger partial charge in [0.25, 0.3) is 0 Å². The summed E-state index contributed by atoms with van der Waals surface area (Å²) in [7, 11) is 0. The lowest BCUT2D eigenvalue weighted by Crippen LogP contribution is -2.00. The van der Waals surface area contributed by atoms with Crippen LogP contribution in [0.4, 0.5) is 0 Å². The van der Waals surface area contributed by atoms with Crippen molar-refractivity contribution in [2.75, 3.05) is 0 Å². The number of hydrogen-bond acceptors (Lipinski definition) is 4. The molecule has 0 bridgehead atoms. The standard InChI is InChI=1S/C45H28N4O/c1-3-11-29(12-4-1)30-19-21-32(22-20-30)44-46-43(31-13-5-2-6-14-31)47-45(48-44)33-23-25-41-37(27-33)38-28-34(24-26-42(38)50-41)49-39-17-9-7-15-35(39)36-16-8-10-18-40(36)49/h1-28H. The maximum Gasteiger partial charge on any atom is 0.164 e. The monoisotopic (exact) mass is 640 g/mol. The van der Waals surface area contributed by atoms with Gasteiger partial charge in [0.05, 0.1) is 11.0 Å². The van der Waals surface area contributed by atoms with Gasteiger partial charge in [-0.15, -0.1) is 0 Å². The van der Waals surface area contributed by atoms with E-state index in [1.165, 1.54) is 27.4 Å². The molecule has 0 fully saturated rings. The molecule has 7 aromatic carbocycles. The minimum Gasteiger partial charge on any atom is -0.456 e. The molecule has 5 nitrogen and oxygen atoms in total. The van der Waals surface area contributed by atoms with E-state index in [9.17, 15) is 0 Å². The summed E-state index contributed by atoms with van der Waals surface area (Å²) >= 11 is 0. The van der Waals surface area contributed by atoms with Gasteiger partial charge in [-0.1, -0.05) is 121 Å². The van der Waals surface area contributed by atoms with Crippen molar-refractivity contribution in [2.24, 2.45) is 0 Å². The van der Waals surface area contributed by atoms with Crippen LogP contribution >= 0.6 is 0 Å². The van der Waals surface area contributed by atoms with Crippen LogP contribution in [-0.2, 0) is 0 Å². The van der Waals surface area contributed by atoms with Crippen LogP contribution in [0.5, 0.6) is 0 Å². The smallest absolute Gasteiger partial charge is 0.164 e. The second kappa shape index (κ2) is 11.4. The van der Waals surface area contributed by atoms with Gasteiger partial charge in [-0.3, -0.25) is 0 Å². The van der Waals surface area contributed by atoms with Gasteiger partial charge in [-0.25, -0.2) is 15.0 Å². The molecule has 0 saturated heterocycles. The summed E-state index contributed by atoms with van der Waals surface area (Å²) in [6.07, 6.45) is 0. The fourth-order valence-corrected chi connectivity index (χ4v) is 7.04. The molecule has 0 radical (unpaired) electrons. The van der Waals surface area contributed by atoms with Crippen molar-refractivity contribution in [3.8, 4) is 51.0 Å². The predicted octanol–water partition coefficient (Wildman–Crippen LogP) is 11.5. The first-order chi connectivity index (χ1) is 24.8. The van der Waals surface area contributed by atoms with E-state index in [4.69, 9.17) is 19.4 Å². The number of para-hydroxylation sites is 2.